The fourth-order valence-corrected chi connectivity index (χ4v) is 5.91. The minimum atomic E-state index is -3.57. The van der Waals surface area contributed by atoms with E-state index in [0.29, 0.717) is 73.4 Å². The predicted octanol–water partition coefficient (Wildman–Crippen LogP) is 3.24. The molecular weight excluding hydrogens is 526 g/mol. The Balaban J connectivity index is 1.69. The van der Waals surface area contributed by atoms with E-state index < -0.39 is 10.0 Å². The minimum absolute atomic E-state index is 0.168. The van der Waals surface area contributed by atoms with Crippen molar-refractivity contribution in [2.75, 3.05) is 44.7 Å². The van der Waals surface area contributed by atoms with Crippen molar-refractivity contribution in [3.63, 3.8) is 0 Å². The monoisotopic (exact) mass is 563 g/mol. The second-order valence-electron chi connectivity index (χ2n) is 8.62. The summed E-state index contributed by atoms with van der Waals surface area (Å²) in [7, 11) is -3.57. The molecule has 0 fully saturated rings. The quantitative estimate of drug-likeness (QED) is 0.162. The van der Waals surface area contributed by atoms with Crippen LogP contribution < -0.4 is 10.6 Å². The molecule has 2 N–H and O–H groups in total. The first-order valence-corrected chi connectivity index (χ1v) is 15.1. The van der Waals surface area contributed by atoms with Crippen LogP contribution in [0, 0.1) is 0 Å². The molecule has 0 bridgehead atoms. The van der Waals surface area contributed by atoms with E-state index in [9.17, 15) is 13.2 Å². The van der Waals surface area contributed by atoms with Crippen LogP contribution in [-0.2, 0) is 21.3 Å². The smallest absolute Gasteiger partial charge is 0.251 e. The Morgan fingerprint density at radius 2 is 1.82 bits per heavy atom. The number of rotatable bonds is 15. The average Bonchev–Trinajstić information content (AvgIpc) is 3.29. The van der Waals surface area contributed by atoms with Crippen LogP contribution in [0.15, 0.2) is 40.5 Å². The maximum atomic E-state index is 12.7. The molecule has 0 unspecified atom stereocenters. The minimum Gasteiger partial charge on any atom is -0.380 e. The number of thioether (sulfide) groups is 1. The summed E-state index contributed by atoms with van der Waals surface area (Å²) in [5.41, 5.74) is 1.06. The first-order chi connectivity index (χ1) is 18.2. The SMILES string of the molecule is CCOCCNc1nc(SC(C)C)nc2c1cnn2CCNC(=O)c1ccc(S(=O)(=O)N(CC)CC)cc1. The zero-order valence-electron chi connectivity index (χ0n) is 22.6. The van der Waals surface area contributed by atoms with E-state index in [0.717, 1.165) is 5.39 Å². The van der Waals surface area contributed by atoms with Crippen molar-refractivity contribution in [3.05, 3.63) is 36.0 Å². The van der Waals surface area contributed by atoms with Crippen LogP contribution in [0.4, 0.5) is 5.82 Å². The summed E-state index contributed by atoms with van der Waals surface area (Å²) in [4.78, 5) is 22.2. The molecule has 0 saturated carbocycles. The molecule has 0 aliphatic carbocycles. The lowest BCUT2D eigenvalue weighted by atomic mass is 10.2. The van der Waals surface area contributed by atoms with Gasteiger partial charge in [0.1, 0.15) is 5.82 Å². The number of carbonyl (C=O) groups is 1. The predicted molar refractivity (Wildman–Crippen MR) is 150 cm³/mol. The maximum absolute atomic E-state index is 12.7. The Kier molecular flexibility index (Phi) is 10.9. The summed E-state index contributed by atoms with van der Waals surface area (Å²) in [5, 5.41) is 12.4. The summed E-state index contributed by atoms with van der Waals surface area (Å²) in [5.74, 6) is 0.407. The normalized spacial score (nSPS) is 12.0. The number of nitrogens with one attached hydrogen (secondary N) is 2. The van der Waals surface area contributed by atoms with Gasteiger partial charge in [-0.15, -0.1) is 0 Å². The highest BCUT2D eigenvalue weighted by molar-refractivity contribution is 7.99. The lowest BCUT2D eigenvalue weighted by molar-refractivity contribution is 0.0952. The molecule has 3 aromatic rings. The molecule has 0 radical (unpaired) electrons. The van der Waals surface area contributed by atoms with Gasteiger partial charge in [0, 0.05) is 43.6 Å². The Morgan fingerprint density at radius 3 is 2.45 bits per heavy atom. The van der Waals surface area contributed by atoms with Gasteiger partial charge in [-0.05, 0) is 31.2 Å². The summed E-state index contributed by atoms with van der Waals surface area (Å²) in [6.07, 6.45) is 1.72. The summed E-state index contributed by atoms with van der Waals surface area (Å²) < 4.78 is 33.9. The highest BCUT2D eigenvalue weighted by atomic mass is 32.2. The van der Waals surface area contributed by atoms with Crippen molar-refractivity contribution in [2.45, 2.75) is 56.5 Å². The topological polar surface area (TPSA) is 131 Å². The van der Waals surface area contributed by atoms with Crippen molar-refractivity contribution in [1.82, 2.24) is 29.4 Å². The summed E-state index contributed by atoms with van der Waals surface area (Å²) in [6, 6.07) is 5.98. The number of ether oxygens (including phenoxy) is 1. The lowest BCUT2D eigenvalue weighted by Gasteiger charge is -2.18. The molecule has 1 aromatic carbocycles. The number of fused-ring (bicyclic) bond motifs is 1. The van der Waals surface area contributed by atoms with Gasteiger partial charge in [-0.2, -0.15) is 9.40 Å². The molecule has 13 heteroatoms. The van der Waals surface area contributed by atoms with Gasteiger partial charge in [-0.3, -0.25) is 4.79 Å². The number of aromatic nitrogens is 4. The number of hydrogen-bond donors (Lipinski definition) is 2. The van der Waals surface area contributed by atoms with Crippen molar-refractivity contribution < 1.29 is 17.9 Å². The number of anilines is 1. The van der Waals surface area contributed by atoms with Gasteiger partial charge in [0.2, 0.25) is 10.0 Å². The Bertz CT molecular complexity index is 1310. The molecule has 0 saturated heterocycles. The van der Waals surface area contributed by atoms with Crippen molar-refractivity contribution in [2.24, 2.45) is 0 Å². The van der Waals surface area contributed by atoms with E-state index in [1.54, 1.807) is 36.5 Å². The van der Waals surface area contributed by atoms with Crippen LogP contribution in [0.3, 0.4) is 0 Å². The van der Waals surface area contributed by atoms with Crippen LogP contribution >= 0.6 is 11.8 Å². The molecule has 0 spiro atoms. The number of sulfonamides is 1. The van der Waals surface area contributed by atoms with Crippen LogP contribution in [0.1, 0.15) is 45.0 Å². The third-order valence-electron chi connectivity index (χ3n) is 5.63. The fourth-order valence-electron chi connectivity index (χ4n) is 3.75. The number of nitrogens with zero attached hydrogens (tertiary/aromatic N) is 5. The number of amides is 1. The van der Waals surface area contributed by atoms with E-state index in [4.69, 9.17) is 9.72 Å². The lowest BCUT2D eigenvalue weighted by Crippen LogP contribution is -2.31. The van der Waals surface area contributed by atoms with Crippen LogP contribution in [-0.4, -0.2) is 83.0 Å². The Morgan fingerprint density at radius 1 is 1.11 bits per heavy atom. The van der Waals surface area contributed by atoms with E-state index in [1.165, 1.54) is 28.6 Å². The molecular formula is C25H37N7O4S2. The molecule has 2 heterocycles. The first-order valence-electron chi connectivity index (χ1n) is 12.8. The van der Waals surface area contributed by atoms with Crippen molar-refractivity contribution >= 4 is 44.5 Å². The van der Waals surface area contributed by atoms with E-state index >= 15 is 0 Å². The molecule has 3 rings (SSSR count). The molecule has 0 aliphatic rings. The molecule has 0 atom stereocenters. The first kappa shape index (κ1) is 29.8. The molecule has 38 heavy (non-hydrogen) atoms. The van der Waals surface area contributed by atoms with Crippen molar-refractivity contribution in [1.29, 1.82) is 0 Å². The molecule has 0 aliphatic heterocycles. The molecule has 208 valence electrons. The maximum Gasteiger partial charge on any atom is 0.251 e. The molecule has 1 amide bonds. The Hall–Kier alpha value is -2.74. The Labute approximate surface area is 228 Å². The van der Waals surface area contributed by atoms with Crippen LogP contribution in [0.2, 0.25) is 0 Å². The zero-order valence-corrected chi connectivity index (χ0v) is 24.2. The van der Waals surface area contributed by atoms with Gasteiger partial charge >= 0.3 is 0 Å². The van der Waals surface area contributed by atoms with E-state index in [2.05, 4.69) is 34.6 Å². The third kappa shape index (κ3) is 7.43. The zero-order chi connectivity index (χ0) is 27.7. The summed E-state index contributed by atoms with van der Waals surface area (Å²) >= 11 is 1.57. The number of hydrogen-bond acceptors (Lipinski definition) is 9. The van der Waals surface area contributed by atoms with Gasteiger partial charge in [-0.1, -0.05) is 39.5 Å². The van der Waals surface area contributed by atoms with Gasteiger partial charge in [0.05, 0.1) is 29.6 Å². The fraction of sp³-hybridized carbons (Fsp3) is 0.520. The molecule has 2 aromatic heterocycles. The number of carbonyl (C=O) groups excluding carboxylic acids is 1. The van der Waals surface area contributed by atoms with Gasteiger partial charge in [0.15, 0.2) is 10.8 Å². The second kappa shape index (κ2) is 13.9. The third-order valence-corrected chi connectivity index (χ3v) is 8.56. The molecule has 11 nitrogen and oxygen atoms in total. The van der Waals surface area contributed by atoms with Crippen molar-refractivity contribution in [3.8, 4) is 0 Å². The highest BCUT2D eigenvalue weighted by Crippen LogP contribution is 2.26. The average molecular weight is 564 g/mol. The summed E-state index contributed by atoms with van der Waals surface area (Å²) in [6.45, 7) is 13.0. The number of benzene rings is 1. The highest BCUT2D eigenvalue weighted by Gasteiger charge is 2.21. The van der Waals surface area contributed by atoms with Crippen LogP contribution in [0.25, 0.3) is 11.0 Å². The van der Waals surface area contributed by atoms with Gasteiger partial charge in [0.25, 0.3) is 5.91 Å². The van der Waals surface area contributed by atoms with Gasteiger partial charge < -0.3 is 15.4 Å². The van der Waals surface area contributed by atoms with E-state index in [-0.39, 0.29) is 10.8 Å². The standard InChI is InChI=1S/C25H37N7O4S2/c1-6-31(7-2)38(34,35)20-11-9-19(10-12-20)24(33)27-13-15-32-23-21(17-28-32)22(26-14-16-36-8-3)29-25(30-23)37-18(4)5/h9-12,17-18H,6-8,13-16H2,1-5H3,(H,27,33)(H,26,29,30). The van der Waals surface area contributed by atoms with Gasteiger partial charge in [-0.25, -0.2) is 23.1 Å². The second-order valence-corrected chi connectivity index (χ2v) is 12.1. The van der Waals surface area contributed by atoms with E-state index in [1.807, 2.05) is 6.92 Å². The largest absolute Gasteiger partial charge is 0.380 e. The van der Waals surface area contributed by atoms with Crippen LogP contribution in [0.5, 0.6) is 0 Å².